The van der Waals surface area contributed by atoms with Gasteiger partial charge in [0.25, 0.3) is 5.91 Å². The van der Waals surface area contributed by atoms with Crippen molar-refractivity contribution in [3.8, 4) is 17.2 Å². The molecule has 3 aromatic carbocycles. The van der Waals surface area contributed by atoms with Crippen molar-refractivity contribution in [1.29, 1.82) is 0 Å². The second-order valence-corrected chi connectivity index (χ2v) is 8.73. The van der Waals surface area contributed by atoms with Gasteiger partial charge in [-0.1, -0.05) is 30.3 Å². The third-order valence-corrected chi connectivity index (χ3v) is 6.91. The average Bonchev–Trinajstić information content (AvgIpc) is 2.91. The third kappa shape index (κ3) is 3.97. The van der Waals surface area contributed by atoms with E-state index in [1.807, 2.05) is 59.5 Å². The van der Waals surface area contributed by atoms with Crippen LogP contribution in [0.5, 0.6) is 17.2 Å². The molecule has 1 N–H and O–H groups in total. The van der Waals surface area contributed by atoms with Gasteiger partial charge in [0.1, 0.15) is 5.75 Å². The summed E-state index contributed by atoms with van der Waals surface area (Å²) in [7, 11) is 4.81. The largest absolute Gasteiger partial charge is 0.497 e. The van der Waals surface area contributed by atoms with Crippen molar-refractivity contribution < 1.29 is 23.8 Å². The molecule has 0 saturated heterocycles. The fourth-order valence-corrected chi connectivity index (χ4v) is 5.22. The van der Waals surface area contributed by atoms with Crippen molar-refractivity contribution in [1.82, 2.24) is 10.2 Å². The number of rotatable bonds is 6. The van der Waals surface area contributed by atoms with E-state index in [9.17, 15) is 9.59 Å². The maximum atomic E-state index is 13.8. The van der Waals surface area contributed by atoms with Crippen molar-refractivity contribution in [3.63, 3.8) is 0 Å². The highest BCUT2D eigenvalue weighted by Gasteiger charge is 2.46. The van der Waals surface area contributed by atoms with Gasteiger partial charge < -0.3 is 24.4 Å². The van der Waals surface area contributed by atoms with Gasteiger partial charge in [-0.3, -0.25) is 9.59 Å². The van der Waals surface area contributed by atoms with Crippen LogP contribution in [0.2, 0.25) is 0 Å². The second kappa shape index (κ2) is 9.33. The zero-order chi connectivity index (χ0) is 24.5. The molecule has 2 aliphatic rings. The fourth-order valence-electron chi connectivity index (χ4n) is 5.22. The Labute approximate surface area is 204 Å². The van der Waals surface area contributed by atoms with Crippen LogP contribution in [0.1, 0.15) is 44.6 Å². The van der Waals surface area contributed by atoms with Gasteiger partial charge in [-0.05, 0) is 59.0 Å². The van der Waals surface area contributed by atoms with E-state index in [4.69, 9.17) is 14.2 Å². The molecule has 0 saturated carbocycles. The van der Waals surface area contributed by atoms with Crippen molar-refractivity contribution in [2.45, 2.75) is 24.9 Å². The molecule has 0 fully saturated rings. The molecule has 2 aliphatic heterocycles. The number of hydrogen-bond acceptors (Lipinski definition) is 5. The van der Waals surface area contributed by atoms with Crippen molar-refractivity contribution in [2.75, 3.05) is 27.9 Å². The van der Waals surface area contributed by atoms with Gasteiger partial charge in [-0.15, -0.1) is 0 Å². The molecule has 180 valence electrons. The van der Waals surface area contributed by atoms with Crippen molar-refractivity contribution >= 4 is 11.8 Å². The van der Waals surface area contributed by atoms with Crippen LogP contribution in [0.15, 0.2) is 60.7 Å². The molecule has 0 aromatic heterocycles. The molecule has 2 amide bonds. The standard InChI is InChI=1S/C28H28N2O5/c1-33-19-8-6-7-17(13-19)16-29-27(31)25-20-9-4-5-10-21(20)28(32)30-12-11-18-14-23(34-2)24(35-3)15-22(18)26(25)30/h4-10,13-15,25-26H,11-12,16H2,1-3H3,(H,29,31)/t25-,26+/m0/s1. The number of methoxy groups -OCH3 is 3. The Morgan fingerprint density at radius 3 is 2.49 bits per heavy atom. The van der Waals surface area contributed by atoms with E-state index in [-0.39, 0.29) is 11.8 Å². The van der Waals surface area contributed by atoms with Crippen molar-refractivity contribution in [2.24, 2.45) is 0 Å². The van der Waals surface area contributed by atoms with Crippen LogP contribution >= 0.6 is 0 Å². The molecule has 0 aliphatic carbocycles. The number of amides is 2. The van der Waals surface area contributed by atoms with Crippen LogP contribution in [0.3, 0.4) is 0 Å². The Hall–Kier alpha value is -4.00. The zero-order valence-electron chi connectivity index (χ0n) is 20.0. The highest BCUT2D eigenvalue weighted by Crippen LogP contribution is 2.48. The van der Waals surface area contributed by atoms with Gasteiger partial charge in [0, 0.05) is 18.7 Å². The minimum Gasteiger partial charge on any atom is -0.497 e. The first-order chi connectivity index (χ1) is 17.0. The van der Waals surface area contributed by atoms with Gasteiger partial charge in [-0.2, -0.15) is 0 Å². The monoisotopic (exact) mass is 472 g/mol. The molecule has 35 heavy (non-hydrogen) atoms. The molecule has 0 radical (unpaired) electrons. The molecular weight excluding hydrogens is 444 g/mol. The summed E-state index contributed by atoms with van der Waals surface area (Å²) in [5, 5.41) is 3.10. The van der Waals surface area contributed by atoms with Gasteiger partial charge in [-0.25, -0.2) is 0 Å². The number of nitrogens with one attached hydrogen (secondary N) is 1. The maximum Gasteiger partial charge on any atom is 0.254 e. The van der Waals surface area contributed by atoms with E-state index in [1.54, 1.807) is 27.4 Å². The Bertz CT molecular complexity index is 1290. The normalized spacial score (nSPS) is 18.1. The summed E-state index contributed by atoms with van der Waals surface area (Å²) >= 11 is 0. The molecule has 2 heterocycles. The van der Waals surface area contributed by atoms with Crippen LogP contribution in [0, 0.1) is 0 Å². The molecule has 3 aromatic rings. The van der Waals surface area contributed by atoms with Crippen LogP contribution in [0.4, 0.5) is 0 Å². The second-order valence-electron chi connectivity index (χ2n) is 8.73. The summed E-state index contributed by atoms with van der Waals surface area (Å²) in [6.07, 6.45) is 0.679. The number of fused-ring (bicyclic) bond motifs is 4. The topological polar surface area (TPSA) is 77.1 Å². The number of benzene rings is 3. The molecular formula is C28H28N2O5. The van der Waals surface area contributed by atoms with E-state index in [1.165, 1.54) is 0 Å². The van der Waals surface area contributed by atoms with E-state index in [0.29, 0.717) is 36.6 Å². The molecule has 0 unspecified atom stereocenters. The quantitative estimate of drug-likeness (QED) is 0.590. The van der Waals surface area contributed by atoms with E-state index in [0.717, 1.165) is 28.0 Å². The lowest BCUT2D eigenvalue weighted by atomic mass is 9.75. The average molecular weight is 473 g/mol. The maximum absolute atomic E-state index is 13.8. The minimum absolute atomic E-state index is 0.0529. The Morgan fingerprint density at radius 2 is 1.71 bits per heavy atom. The highest BCUT2D eigenvalue weighted by atomic mass is 16.5. The first-order valence-electron chi connectivity index (χ1n) is 11.6. The van der Waals surface area contributed by atoms with E-state index >= 15 is 0 Å². The lowest BCUT2D eigenvalue weighted by Crippen LogP contribution is -2.50. The molecule has 7 nitrogen and oxygen atoms in total. The lowest BCUT2D eigenvalue weighted by molar-refractivity contribution is -0.124. The van der Waals surface area contributed by atoms with Crippen LogP contribution in [0.25, 0.3) is 0 Å². The van der Waals surface area contributed by atoms with Gasteiger partial charge >= 0.3 is 0 Å². The Kier molecular flexibility index (Phi) is 6.07. The first-order valence-corrected chi connectivity index (χ1v) is 11.6. The van der Waals surface area contributed by atoms with Gasteiger partial charge in [0.05, 0.1) is 33.3 Å². The first kappa shape index (κ1) is 22.8. The summed E-state index contributed by atoms with van der Waals surface area (Å²) in [5.74, 6) is 1.20. The van der Waals surface area contributed by atoms with Gasteiger partial charge in [0.15, 0.2) is 11.5 Å². The summed E-state index contributed by atoms with van der Waals surface area (Å²) in [6.45, 7) is 0.883. The molecule has 2 atom stereocenters. The summed E-state index contributed by atoms with van der Waals surface area (Å²) in [5.41, 5.74) is 4.23. The molecule has 0 bridgehead atoms. The Morgan fingerprint density at radius 1 is 0.943 bits per heavy atom. The van der Waals surface area contributed by atoms with Crippen LogP contribution in [-0.4, -0.2) is 44.6 Å². The SMILES string of the molecule is COc1cccc(CNC(=O)[C@H]2c3ccccc3C(=O)N3CCc4cc(OC)c(OC)cc4[C@H]23)c1. The predicted octanol–water partition coefficient (Wildman–Crippen LogP) is 3.87. The van der Waals surface area contributed by atoms with Crippen LogP contribution in [-0.2, 0) is 17.8 Å². The Balaban J connectivity index is 1.56. The van der Waals surface area contributed by atoms with Gasteiger partial charge in [0.2, 0.25) is 5.91 Å². The lowest BCUT2D eigenvalue weighted by Gasteiger charge is -2.45. The zero-order valence-corrected chi connectivity index (χ0v) is 20.0. The minimum atomic E-state index is -0.563. The van der Waals surface area contributed by atoms with Crippen molar-refractivity contribution in [3.05, 3.63) is 88.5 Å². The molecule has 5 rings (SSSR count). The number of carbonyl (C=O) groups is 2. The number of nitrogens with zero attached hydrogens (tertiary/aromatic N) is 1. The summed E-state index contributed by atoms with van der Waals surface area (Å²) in [6, 6.07) is 18.5. The van der Waals surface area contributed by atoms with E-state index < -0.39 is 12.0 Å². The van der Waals surface area contributed by atoms with E-state index in [2.05, 4.69) is 5.32 Å². The number of hydrogen-bond donors (Lipinski definition) is 1. The molecule has 0 spiro atoms. The summed E-state index contributed by atoms with van der Waals surface area (Å²) < 4.78 is 16.4. The predicted molar refractivity (Wildman–Crippen MR) is 131 cm³/mol. The summed E-state index contributed by atoms with van der Waals surface area (Å²) in [4.78, 5) is 29.1. The fraction of sp³-hybridized carbons (Fsp3) is 0.286. The smallest absolute Gasteiger partial charge is 0.254 e. The highest BCUT2D eigenvalue weighted by molar-refractivity contribution is 6.01. The number of ether oxygens (including phenoxy) is 3. The molecule has 7 heteroatoms. The van der Waals surface area contributed by atoms with Crippen LogP contribution < -0.4 is 19.5 Å². The third-order valence-electron chi connectivity index (χ3n) is 6.91. The number of carbonyl (C=O) groups excluding carboxylic acids is 2.